The molecule has 1 fully saturated rings. The SMILES string of the molecule is CC(C)c1ccc(NC(=O)CSc2nnc(C3CC3)o2)cc1. The van der Waals surface area contributed by atoms with Gasteiger partial charge in [-0.2, -0.15) is 0 Å². The van der Waals surface area contributed by atoms with Gasteiger partial charge in [0.2, 0.25) is 11.8 Å². The van der Waals surface area contributed by atoms with E-state index >= 15 is 0 Å². The van der Waals surface area contributed by atoms with E-state index in [0.717, 1.165) is 18.5 Å². The minimum Gasteiger partial charge on any atom is -0.416 e. The van der Waals surface area contributed by atoms with Crippen LogP contribution in [0.25, 0.3) is 0 Å². The Bertz CT molecular complexity index is 648. The summed E-state index contributed by atoms with van der Waals surface area (Å²) in [6, 6.07) is 7.92. The molecule has 1 aromatic heterocycles. The Morgan fingerprint density at radius 2 is 2.05 bits per heavy atom. The Hall–Kier alpha value is -1.82. The smallest absolute Gasteiger partial charge is 0.277 e. The van der Waals surface area contributed by atoms with Gasteiger partial charge >= 0.3 is 0 Å². The molecule has 0 radical (unpaired) electrons. The predicted molar refractivity (Wildman–Crippen MR) is 86.2 cm³/mol. The number of hydrogen-bond acceptors (Lipinski definition) is 5. The number of aromatic nitrogens is 2. The highest BCUT2D eigenvalue weighted by Gasteiger charge is 2.29. The monoisotopic (exact) mass is 317 g/mol. The second-order valence-corrected chi connectivity index (χ2v) is 6.72. The van der Waals surface area contributed by atoms with Crippen LogP contribution in [0.4, 0.5) is 5.69 Å². The van der Waals surface area contributed by atoms with E-state index in [4.69, 9.17) is 4.42 Å². The molecular weight excluding hydrogens is 298 g/mol. The maximum absolute atomic E-state index is 11.9. The van der Waals surface area contributed by atoms with Gasteiger partial charge in [0.1, 0.15) is 0 Å². The van der Waals surface area contributed by atoms with E-state index in [2.05, 4.69) is 29.4 Å². The van der Waals surface area contributed by atoms with Gasteiger partial charge in [-0.3, -0.25) is 4.79 Å². The van der Waals surface area contributed by atoms with Crippen molar-refractivity contribution in [2.45, 2.75) is 43.7 Å². The molecule has 5 nitrogen and oxygen atoms in total. The van der Waals surface area contributed by atoms with Crippen LogP contribution in [0.5, 0.6) is 0 Å². The average Bonchev–Trinajstić information content (AvgIpc) is 3.25. The van der Waals surface area contributed by atoms with Crippen molar-refractivity contribution in [3.63, 3.8) is 0 Å². The molecule has 22 heavy (non-hydrogen) atoms. The number of rotatable bonds is 6. The van der Waals surface area contributed by atoms with Gasteiger partial charge in [0.15, 0.2) is 0 Å². The van der Waals surface area contributed by atoms with Crippen LogP contribution in [-0.4, -0.2) is 21.9 Å². The van der Waals surface area contributed by atoms with Crippen molar-refractivity contribution < 1.29 is 9.21 Å². The van der Waals surface area contributed by atoms with Crippen LogP contribution in [-0.2, 0) is 4.79 Å². The molecule has 1 heterocycles. The molecule has 0 unspecified atom stereocenters. The number of thioether (sulfide) groups is 1. The van der Waals surface area contributed by atoms with Gasteiger partial charge < -0.3 is 9.73 Å². The number of carbonyl (C=O) groups excluding carboxylic acids is 1. The lowest BCUT2D eigenvalue weighted by Gasteiger charge is -2.07. The Morgan fingerprint density at radius 1 is 1.32 bits per heavy atom. The summed E-state index contributed by atoms with van der Waals surface area (Å²) in [5.41, 5.74) is 2.06. The number of amides is 1. The Labute approximate surface area is 133 Å². The quantitative estimate of drug-likeness (QED) is 0.821. The molecule has 0 spiro atoms. The number of nitrogens with zero attached hydrogens (tertiary/aromatic N) is 2. The highest BCUT2D eigenvalue weighted by Crippen LogP contribution is 2.39. The molecule has 1 aliphatic rings. The lowest BCUT2D eigenvalue weighted by molar-refractivity contribution is -0.113. The van der Waals surface area contributed by atoms with Crippen LogP contribution in [0.15, 0.2) is 33.9 Å². The summed E-state index contributed by atoms with van der Waals surface area (Å²) in [5, 5.41) is 11.3. The van der Waals surface area contributed by atoms with E-state index < -0.39 is 0 Å². The minimum absolute atomic E-state index is 0.0755. The molecule has 116 valence electrons. The van der Waals surface area contributed by atoms with E-state index in [-0.39, 0.29) is 11.7 Å². The van der Waals surface area contributed by atoms with Gasteiger partial charge in [-0.15, -0.1) is 10.2 Å². The van der Waals surface area contributed by atoms with Crippen LogP contribution in [0.1, 0.15) is 50.0 Å². The first-order valence-corrected chi connectivity index (χ1v) is 8.46. The summed E-state index contributed by atoms with van der Waals surface area (Å²) in [5.74, 6) is 1.81. The number of nitrogens with one attached hydrogen (secondary N) is 1. The summed E-state index contributed by atoms with van der Waals surface area (Å²) in [7, 11) is 0. The topological polar surface area (TPSA) is 68.0 Å². The standard InChI is InChI=1S/C16H19N3O2S/c1-10(2)11-5-7-13(8-6-11)17-14(20)9-22-16-19-18-15(21-16)12-3-4-12/h5-8,10,12H,3-4,9H2,1-2H3,(H,17,20). The fourth-order valence-electron chi connectivity index (χ4n) is 2.05. The third-order valence-corrected chi connectivity index (χ3v) is 4.35. The zero-order valence-corrected chi connectivity index (χ0v) is 13.5. The highest BCUT2D eigenvalue weighted by molar-refractivity contribution is 7.99. The van der Waals surface area contributed by atoms with Gasteiger partial charge in [0.05, 0.1) is 5.75 Å². The summed E-state index contributed by atoms with van der Waals surface area (Å²) >= 11 is 1.27. The molecule has 0 saturated heterocycles. The van der Waals surface area contributed by atoms with Crippen molar-refractivity contribution in [3.05, 3.63) is 35.7 Å². The molecular formula is C16H19N3O2S. The maximum Gasteiger partial charge on any atom is 0.277 e. The molecule has 1 amide bonds. The van der Waals surface area contributed by atoms with E-state index in [9.17, 15) is 4.79 Å². The van der Waals surface area contributed by atoms with Gasteiger partial charge in [-0.05, 0) is 36.5 Å². The second kappa shape index (κ2) is 6.52. The lowest BCUT2D eigenvalue weighted by atomic mass is 10.0. The normalized spacial score (nSPS) is 14.3. The predicted octanol–water partition coefficient (Wildman–Crippen LogP) is 3.80. The van der Waals surface area contributed by atoms with Crippen molar-refractivity contribution in [3.8, 4) is 0 Å². The molecule has 1 aliphatic carbocycles. The van der Waals surface area contributed by atoms with Crippen LogP contribution in [0.2, 0.25) is 0 Å². The summed E-state index contributed by atoms with van der Waals surface area (Å²) in [6.45, 7) is 4.29. The zero-order chi connectivity index (χ0) is 15.5. The molecule has 0 bridgehead atoms. The zero-order valence-electron chi connectivity index (χ0n) is 12.7. The van der Waals surface area contributed by atoms with Crippen molar-refractivity contribution in [1.29, 1.82) is 0 Å². The van der Waals surface area contributed by atoms with E-state index in [0.29, 0.717) is 22.9 Å². The highest BCUT2D eigenvalue weighted by atomic mass is 32.2. The van der Waals surface area contributed by atoms with Crippen LogP contribution < -0.4 is 5.32 Å². The summed E-state index contributed by atoms with van der Waals surface area (Å²) in [4.78, 5) is 11.9. The lowest BCUT2D eigenvalue weighted by Crippen LogP contribution is -2.14. The van der Waals surface area contributed by atoms with E-state index in [1.54, 1.807) is 0 Å². The minimum atomic E-state index is -0.0755. The maximum atomic E-state index is 11.9. The van der Waals surface area contributed by atoms with Crippen LogP contribution >= 0.6 is 11.8 Å². The summed E-state index contributed by atoms with van der Waals surface area (Å²) < 4.78 is 5.51. The van der Waals surface area contributed by atoms with E-state index in [1.807, 2.05) is 24.3 Å². The van der Waals surface area contributed by atoms with Crippen LogP contribution in [0, 0.1) is 0 Å². The summed E-state index contributed by atoms with van der Waals surface area (Å²) in [6.07, 6.45) is 2.25. The number of hydrogen-bond donors (Lipinski definition) is 1. The number of anilines is 1. The third kappa shape index (κ3) is 3.88. The van der Waals surface area contributed by atoms with Crippen molar-refractivity contribution >= 4 is 23.4 Å². The van der Waals surface area contributed by atoms with Crippen molar-refractivity contribution in [2.24, 2.45) is 0 Å². The molecule has 1 saturated carbocycles. The number of benzene rings is 1. The first-order valence-electron chi connectivity index (χ1n) is 7.48. The van der Waals surface area contributed by atoms with Gasteiger partial charge in [0.25, 0.3) is 5.22 Å². The Balaban J connectivity index is 1.48. The molecule has 1 aromatic carbocycles. The largest absolute Gasteiger partial charge is 0.416 e. The number of carbonyl (C=O) groups is 1. The Kier molecular flexibility index (Phi) is 4.47. The van der Waals surface area contributed by atoms with Gasteiger partial charge in [0, 0.05) is 11.6 Å². The van der Waals surface area contributed by atoms with Crippen molar-refractivity contribution in [2.75, 3.05) is 11.1 Å². The molecule has 1 N–H and O–H groups in total. The Morgan fingerprint density at radius 3 is 2.68 bits per heavy atom. The molecule has 2 aromatic rings. The molecule has 0 aliphatic heterocycles. The fourth-order valence-corrected chi connectivity index (χ4v) is 2.62. The van der Waals surface area contributed by atoms with Gasteiger partial charge in [-0.25, -0.2) is 0 Å². The molecule has 6 heteroatoms. The van der Waals surface area contributed by atoms with Gasteiger partial charge in [-0.1, -0.05) is 37.7 Å². The van der Waals surface area contributed by atoms with E-state index in [1.165, 1.54) is 17.3 Å². The molecule has 3 rings (SSSR count). The first-order chi connectivity index (χ1) is 10.6. The first kappa shape index (κ1) is 15.1. The van der Waals surface area contributed by atoms with Crippen LogP contribution in [0.3, 0.4) is 0 Å². The third-order valence-electron chi connectivity index (χ3n) is 3.54. The van der Waals surface area contributed by atoms with Crippen molar-refractivity contribution in [1.82, 2.24) is 10.2 Å². The molecule has 0 atom stereocenters. The average molecular weight is 317 g/mol. The fraction of sp³-hybridized carbons (Fsp3) is 0.438. The second-order valence-electron chi connectivity index (χ2n) is 5.79.